The lowest BCUT2D eigenvalue weighted by molar-refractivity contribution is -0.114. The van der Waals surface area contributed by atoms with Crippen molar-refractivity contribution in [2.24, 2.45) is 0 Å². The molecule has 0 aliphatic carbocycles. The first-order valence-corrected chi connectivity index (χ1v) is 11.9. The van der Waals surface area contributed by atoms with Crippen molar-refractivity contribution in [3.63, 3.8) is 0 Å². The Morgan fingerprint density at radius 2 is 1.57 bits per heavy atom. The fourth-order valence-corrected chi connectivity index (χ4v) is 4.68. The monoisotopic (exact) mass is 481 g/mol. The summed E-state index contributed by atoms with van der Waals surface area (Å²) in [5.41, 5.74) is 3.56. The van der Waals surface area contributed by atoms with Gasteiger partial charge in [0.05, 0.1) is 28.3 Å². The number of allylic oxidation sites excluding steroid dienone is 2. The van der Waals surface area contributed by atoms with E-state index in [1.54, 1.807) is 43.6 Å². The predicted molar refractivity (Wildman–Crippen MR) is 138 cm³/mol. The predicted octanol–water partition coefficient (Wildman–Crippen LogP) is 4.79. The number of anilines is 2. The van der Waals surface area contributed by atoms with Crippen LogP contribution in [0.3, 0.4) is 0 Å². The van der Waals surface area contributed by atoms with Crippen molar-refractivity contribution < 1.29 is 9.59 Å². The molecule has 0 fully saturated rings. The number of aromatic nitrogens is 1. The van der Waals surface area contributed by atoms with E-state index in [0.717, 1.165) is 5.56 Å². The fourth-order valence-electron chi connectivity index (χ4n) is 3.79. The molecule has 1 aromatic heterocycles. The van der Waals surface area contributed by atoms with Gasteiger partial charge in [0.2, 0.25) is 5.91 Å². The summed E-state index contributed by atoms with van der Waals surface area (Å²) in [5.74, 6) is -0.999. The molecule has 4 rings (SSSR count). The van der Waals surface area contributed by atoms with Gasteiger partial charge in [0.1, 0.15) is 0 Å². The molecule has 3 aromatic rings. The van der Waals surface area contributed by atoms with Gasteiger partial charge in [-0.1, -0.05) is 48.2 Å². The third-order valence-corrected chi connectivity index (χ3v) is 6.39. The molecule has 0 radical (unpaired) electrons. The van der Waals surface area contributed by atoms with Crippen LogP contribution in [0, 0.1) is 11.3 Å². The average molecular weight is 482 g/mol. The van der Waals surface area contributed by atoms with Gasteiger partial charge in [-0.25, -0.2) is 0 Å². The summed E-state index contributed by atoms with van der Waals surface area (Å²) in [4.78, 5) is 30.0. The molecule has 2 heterocycles. The Labute approximate surface area is 208 Å². The molecule has 1 aliphatic rings. The summed E-state index contributed by atoms with van der Waals surface area (Å²) in [5, 5.41) is 19.7. The molecule has 35 heavy (non-hydrogen) atoms. The van der Waals surface area contributed by atoms with E-state index in [9.17, 15) is 14.9 Å². The lowest BCUT2D eigenvalue weighted by Gasteiger charge is -2.29. The maximum atomic E-state index is 13.4. The molecule has 2 amide bonds. The Hall–Kier alpha value is -4.35. The topological polar surface area (TPSA) is 107 Å². The van der Waals surface area contributed by atoms with Crippen molar-refractivity contribution in [1.29, 1.82) is 5.26 Å². The number of rotatable bonds is 7. The molecule has 7 nitrogen and oxygen atoms in total. The highest BCUT2D eigenvalue weighted by Crippen LogP contribution is 2.40. The summed E-state index contributed by atoms with van der Waals surface area (Å²) in [6.45, 7) is 1.80. The number of nitrogens with zero attached hydrogens (tertiary/aromatic N) is 2. The third-order valence-electron chi connectivity index (χ3n) is 5.37. The van der Waals surface area contributed by atoms with Crippen LogP contribution < -0.4 is 16.0 Å². The van der Waals surface area contributed by atoms with Crippen LogP contribution in [0.5, 0.6) is 0 Å². The Bertz CT molecular complexity index is 1320. The molecule has 0 spiro atoms. The smallest absolute Gasteiger partial charge is 0.254 e. The number of nitriles is 1. The normalized spacial score (nSPS) is 15.1. The zero-order valence-electron chi connectivity index (χ0n) is 19.0. The minimum atomic E-state index is -0.604. The van der Waals surface area contributed by atoms with E-state index in [2.05, 4.69) is 27.0 Å². The maximum Gasteiger partial charge on any atom is 0.254 e. The molecule has 8 heteroatoms. The number of pyridine rings is 1. The Morgan fingerprint density at radius 1 is 0.971 bits per heavy atom. The molecule has 1 atom stereocenters. The van der Waals surface area contributed by atoms with E-state index in [1.165, 1.54) is 11.8 Å². The van der Waals surface area contributed by atoms with Crippen LogP contribution in [0.4, 0.5) is 11.4 Å². The molecular formula is C27H23N5O2S. The number of hydrogen-bond donors (Lipinski definition) is 3. The van der Waals surface area contributed by atoms with Gasteiger partial charge in [-0.15, -0.1) is 0 Å². The second-order valence-corrected chi connectivity index (χ2v) is 8.74. The van der Waals surface area contributed by atoms with Gasteiger partial charge in [0, 0.05) is 35.0 Å². The summed E-state index contributed by atoms with van der Waals surface area (Å²) in [7, 11) is 0. The number of benzene rings is 2. The molecule has 0 saturated heterocycles. The van der Waals surface area contributed by atoms with E-state index < -0.39 is 5.92 Å². The lowest BCUT2D eigenvalue weighted by atomic mass is 9.82. The Kier molecular flexibility index (Phi) is 7.60. The number of nitrogens with one attached hydrogen (secondary N) is 3. The van der Waals surface area contributed by atoms with Crippen LogP contribution in [0.25, 0.3) is 0 Å². The first kappa shape index (κ1) is 23.8. The van der Waals surface area contributed by atoms with Crippen LogP contribution in [-0.4, -0.2) is 22.6 Å². The SMILES string of the molecule is CC1=C(C(=O)Nc2ccccc2)[C@H](c2ccncc2)C(C#N)=C(SCC(=O)Nc2ccccc2)N1. The van der Waals surface area contributed by atoms with Crippen LogP contribution in [-0.2, 0) is 9.59 Å². The number of carbonyl (C=O) groups excluding carboxylic acids is 2. The summed E-state index contributed by atoms with van der Waals surface area (Å²) >= 11 is 1.23. The van der Waals surface area contributed by atoms with Crippen LogP contribution in [0.1, 0.15) is 18.4 Å². The van der Waals surface area contributed by atoms with Gasteiger partial charge in [-0.2, -0.15) is 5.26 Å². The van der Waals surface area contributed by atoms with E-state index in [-0.39, 0.29) is 17.6 Å². The number of hydrogen-bond acceptors (Lipinski definition) is 6. The van der Waals surface area contributed by atoms with Crippen molar-refractivity contribution >= 4 is 35.0 Å². The van der Waals surface area contributed by atoms with E-state index in [1.807, 2.05) is 48.5 Å². The van der Waals surface area contributed by atoms with Gasteiger partial charge in [-0.3, -0.25) is 14.6 Å². The third kappa shape index (κ3) is 5.78. The molecule has 0 bridgehead atoms. The quantitative estimate of drug-likeness (QED) is 0.448. The standard InChI is InChI=1S/C27H23N5O2S/c1-18-24(26(34)32-21-10-6-3-7-11-21)25(19-12-14-29-15-13-19)22(16-28)27(30-18)35-17-23(33)31-20-8-4-2-5-9-20/h2-15,25,30H,17H2,1H3,(H,31,33)(H,32,34)/t25-/m1/s1. The first-order chi connectivity index (χ1) is 17.1. The molecule has 174 valence electrons. The molecule has 0 unspecified atom stereocenters. The zero-order valence-corrected chi connectivity index (χ0v) is 19.8. The number of dihydropyridines is 1. The average Bonchev–Trinajstić information content (AvgIpc) is 2.88. The van der Waals surface area contributed by atoms with Crippen molar-refractivity contribution in [3.05, 3.63) is 113 Å². The first-order valence-electron chi connectivity index (χ1n) is 10.9. The van der Waals surface area contributed by atoms with Gasteiger partial charge >= 0.3 is 0 Å². The lowest BCUT2D eigenvalue weighted by Crippen LogP contribution is -2.31. The van der Waals surface area contributed by atoms with E-state index in [0.29, 0.717) is 33.2 Å². The van der Waals surface area contributed by atoms with Crippen LogP contribution in [0.15, 0.2) is 107 Å². The number of carbonyl (C=O) groups is 2. The highest BCUT2D eigenvalue weighted by molar-refractivity contribution is 8.03. The van der Waals surface area contributed by atoms with Gasteiger partial charge in [-0.05, 0) is 48.9 Å². The van der Waals surface area contributed by atoms with E-state index in [4.69, 9.17) is 0 Å². The molecule has 1 aliphatic heterocycles. The second-order valence-electron chi connectivity index (χ2n) is 7.75. The molecule has 2 aromatic carbocycles. The maximum absolute atomic E-state index is 13.4. The zero-order chi connectivity index (χ0) is 24.6. The summed E-state index contributed by atoms with van der Waals surface area (Å²) < 4.78 is 0. The summed E-state index contributed by atoms with van der Waals surface area (Å²) in [6, 6.07) is 24.2. The molecule has 3 N–H and O–H groups in total. The van der Waals surface area contributed by atoms with Crippen LogP contribution >= 0.6 is 11.8 Å². The number of thioether (sulfide) groups is 1. The summed E-state index contributed by atoms with van der Waals surface area (Å²) in [6.07, 6.45) is 3.27. The van der Waals surface area contributed by atoms with Crippen LogP contribution in [0.2, 0.25) is 0 Å². The molecule has 0 saturated carbocycles. The van der Waals surface area contributed by atoms with Crippen molar-refractivity contribution in [2.45, 2.75) is 12.8 Å². The van der Waals surface area contributed by atoms with Gasteiger partial charge < -0.3 is 16.0 Å². The van der Waals surface area contributed by atoms with Crippen molar-refractivity contribution in [1.82, 2.24) is 10.3 Å². The fraction of sp³-hybridized carbons (Fsp3) is 0.111. The second kappa shape index (κ2) is 11.2. The highest BCUT2D eigenvalue weighted by atomic mass is 32.2. The van der Waals surface area contributed by atoms with Gasteiger partial charge in [0.25, 0.3) is 5.91 Å². The van der Waals surface area contributed by atoms with Gasteiger partial charge in [0.15, 0.2) is 0 Å². The largest absolute Gasteiger partial charge is 0.353 e. The Balaban J connectivity index is 1.61. The van der Waals surface area contributed by atoms with Crippen molar-refractivity contribution in [2.75, 3.05) is 16.4 Å². The Morgan fingerprint density at radius 3 is 2.17 bits per heavy atom. The minimum absolute atomic E-state index is 0.101. The number of amides is 2. The number of para-hydroxylation sites is 2. The van der Waals surface area contributed by atoms with E-state index >= 15 is 0 Å². The molecular weight excluding hydrogens is 458 g/mol. The minimum Gasteiger partial charge on any atom is -0.353 e. The highest BCUT2D eigenvalue weighted by Gasteiger charge is 2.34. The van der Waals surface area contributed by atoms with Crippen molar-refractivity contribution in [3.8, 4) is 6.07 Å².